The van der Waals surface area contributed by atoms with Gasteiger partial charge in [-0.25, -0.2) is 9.73 Å². The summed E-state index contributed by atoms with van der Waals surface area (Å²) in [6, 6.07) is 14.8. The first-order valence-electron chi connectivity index (χ1n) is 6.79. The van der Waals surface area contributed by atoms with Crippen LogP contribution in [0.4, 0.5) is 0 Å². The Morgan fingerprint density at radius 2 is 1.86 bits per heavy atom. The van der Waals surface area contributed by atoms with Crippen LogP contribution in [0.5, 0.6) is 5.75 Å². The van der Waals surface area contributed by atoms with Crippen LogP contribution in [0.2, 0.25) is 0 Å². The number of fused-ring (bicyclic) bond motifs is 3. The summed E-state index contributed by atoms with van der Waals surface area (Å²) in [6.45, 7) is 0. The quantitative estimate of drug-likeness (QED) is 0.615. The van der Waals surface area contributed by atoms with Crippen molar-refractivity contribution < 1.29 is 4.74 Å². The lowest BCUT2D eigenvalue weighted by Gasteiger charge is -2.05. The Hall–Kier alpha value is -3.15. The van der Waals surface area contributed by atoms with E-state index in [0.717, 1.165) is 11.1 Å². The number of hydrogen-bond donors (Lipinski definition) is 1. The Bertz CT molecular complexity index is 1050. The summed E-state index contributed by atoms with van der Waals surface area (Å²) in [7, 11) is 1.60. The summed E-state index contributed by atoms with van der Waals surface area (Å²) in [5.41, 5.74) is 2.32. The lowest BCUT2D eigenvalue weighted by atomic mass is 10.1. The summed E-state index contributed by atoms with van der Waals surface area (Å²) < 4.78 is 7.07. The second-order valence-corrected chi connectivity index (χ2v) is 4.85. The van der Waals surface area contributed by atoms with Gasteiger partial charge >= 0.3 is 0 Å². The fraction of sp³-hybridized carbons (Fsp3) is 0.0625. The first-order valence-corrected chi connectivity index (χ1v) is 6.79. The third-order valence-corrected chi connectivity index (χ3v) is 3.63. The molecule has 0 radical (unpaired) electrons. The van der Waals surface area contributed by atoms with Gasteiger partial charge in [-0.2, -0.15) is 10.1 Å². The topological polar surface area (TPSA) is 72.3 Å². The molecule has 0 amide bonds. The molecule has 0 aliphatic heterocycles. The average molecular weight is 292 g/mol. The summed E-state index contributed by atoms with van der Waals surface area (Å²) in [5, 5.41) is 7.79. The number of benzene rings is 2. The van der Waals surface area contributed by atoms with Crippen LogP contribution in [-0.4, -0.2) is 26.9 Å². The van der Waals surface area contributed by atoms with Crippen LogP contribution < -0.4 is 10.3 Å². The minimum atomic E-state index is -0.270. The van der Waals surface area contributed by atoms with Gasteiger partial charge in [-0.15, -0.1) is 0 Å². The first kappa shape index (κ1) is 12.6. The predicted octanol–water partition coefficient (Wildman–Crippen LogP) is 2.25. The molecular formula is C16H12N4O2. The number of ether oxygens (including phenoxy) is 1. The van der Waals surface area contributed by atoms with Crippen LogP contribution in [0.15, 0.2) is 53.3 Å². The van der Waals surface area contributed by atoms with Gasteiger partial charge in [0.25, 0.3) is 5.56 Å². The Labute approximate surface area is 125 Å². The molecule has 2 aromatic heterocycles. The van der Waals surface area contributed by atoms with Crippen LogP contribution in [0.3, 0.4) is 0 Å². The fourth-order valence-electron chi connectivity index (χ4n) is 2.60. The molecule has 4 aromatic rings. The van der Waals surface area contributed by atoms with E-state index in [4.69, 9.17) is 4.74 Å². The fourth-order valence-corrected chi connectivity index (χ4v) is 2.60. The molecule has 0 fully saturated rings. The van der Waals surface area contributed by atoms with E-state index in [1.54, 1.807) is 17.7 Å². The number of aromatic nitrogens is 4. The standard InChI is InChI=1S/C16H12N4O2/c1-22-13-9-5-3-7-11(13)14-15-17-16(21)10-6-2-4-8-12(10)20(15)19-18-14/h2-9,19H,1H3. The second-order valence-electron chi connectivity index (χ2n) is 4.85. The van der Waals surface area contributed by atoms with Gasteiger partial charge in [0.15, 0.2) is 5.65 Å². The summed E-state index contributed by atoms with van der Waals surface area (Å²) >= 11 is 0. The minimum absolute atomic E-state index is 0.270. The highest BCUT2D eigenvalue weighted by molar-refractivity contribution is 5.85. The molecule has 2 heterocycles. The molecule has 6 nitrogen and oxygen atoms in total. The van der Waals surface area contributed by atoms with Crippen LogP contribution >= 0.6 is 0 Å². The summed E-state index contributed by atoms with van der Waals surface area (Å²) in [6.07, 6.45) is 0. The second kappa shape index (κ2) is 4.70. The van der Waals surface area contributed by atoms with E-state index in [1.807, 2.05) is 42.5 Å². The zero-order valence-corrected chi connectivity index (χ0v) is 11.8. The normalized spacial score (nSPS) is 11.1. The van der Waals surface area contributed by atoms with Crippen LogP contribution in [-0.2, 0) is 0 Å². The number of rotatable bonds is 2. The molecule has 6 heteroatoms. The largest absolute Gasteiger partial charge is 0.496 e. The molecule has 22 heavy (non-hydrogen) atoms. The van der Waals surface area contributed by atoms with Crippen molar-refractivity contribution in [2.45, 2.75) is 0 Å². The molecule has 4 rings (SSSR count). The van der Waals surface area contributed by atoms with Gasteiger partial charge in [-0.3, -0.25) is 4.79 Å². The Morgan fingerprint density at radius 3 is 2.73 bits per heavy atom. The third-order valence-electron chi connectivity index (χ3n) is 3.63. The van der Waals surface area contributed by atoms with Crippen molar-refractivity contribution in [2.24, 2.45) is 0 Å². The van der Waals surface area contributed by atoms with Crippen LogP contribution in [0.25, 0.3) is 27.8 Å². The van der Waals surface area contributed by atoms with E-state index in [-0.39, 0.29) is 5.56 Å². The molecule has 0 atom stereocenters. The molecule has 0 spiro atoms. The molecule has 0 aliphatic carbocycles. The minimum Gasteiger partial charge on any atom is -0.496 e. The van der Waals surface area contributed by atoms with Crippen molar-refractivity contribution in [1.82, 2.24) is 19.8 Å². The van der Waals surface area contributed by atoms with Crippen molar-refractivity contribution in [2.75, 3.05) is 7.11 Å². The average Bonchev–Trinajstić information content (AvgIpc) is 2.99. The lowest BCUT2D eigenvalue weighted by molar-refractivity contribution is 0.416. The van der Waals surface area contributed by atoms with Gasteiger partial charge in [0.05, 0.1) is 18.0 Å². The van der Waals surface area contributed by atoms with Gasteiger partial charge in [0.2, 0.25) is 0 Å². The SMILES string of the molecule is COc1ccccc1-c1n[nH]n2c1nc(=O)c1ccccc12. The number of H-pyrrole nitrogens is 1. The van der Waals surface area contributed by atoms with Crippen molar-refractivity contribution >= 4 is 16.6 Å². The maximum absolute atomic E-state index is 12.2. The number of aromatic amines is 1. The number of nitrogens with zero attached hydrogens (tertiary/aromatic N) is 3. The van der Waals surface area contributed by atoms with E-state index < -0.39 is 0 Å². The zero-order valence-electron chi connectivity index (χ0n) is 11.8. The summed E-state index contributed by atoms with van der Waals surface area (Å²) in [5.74, 6) is 0.680. The first-order chi connectivity index (χ1) is 10.8. The maximum atomic E-state index is 12.2. The van der Waals surface area contributed by atoms with Gasteiger partial charge < -0.3 is 4.74 Å². The van der Waals surface area contributed by atoms with E-state index in [9.17, 15) is 4.79 Å². The molecule has 0 saturated carbocycles. The molecule has 0 unspecified atom stereocenters. The number of para-hydroxylation sites is 2. The molecule has 108 valence electrons. The molecule has 0 bridgehead atoms. The molecule has 0 saturated heterocycles. The number of hydrogen-bond acceptors (Lipinski definition) is 4. The van der Waals surface area contributed by atoms with Crippen molar-refractivity contribution in [1.29, 1.82) is 0 Å². The van der Waals surface area contributed by atoms with Crippen molar-refractivity contribution in [3.8, 4) is 17.0 Å². The van der Waals surface area contributed by atoms with Crippen molar-refractivity contribution in [3.63, 3.8) is 0 Å². The van der Waals surface area contributed by atoms with E-state index >= 15 is 0 Å². The van der Waals surface area contributed by atoms with E-state index in [2.05, 4.69) is 15.3 Å². The third kappa shape index (κ3) is 1.70. The van der Waals surface area contributed by atoms with Crippen molar-refractivity contribution in [3.05, 3.63) is 58.9 Å². The van der Waals surface area contributed by atoms with Gasteiger partial charge in [0.1, 0.15) is 11.4 Å². The Morgan fingerprint density at radius 1 is 1.09 bits per heavy atom. The highest BCUT2D eigenvalue weighted by Crippen LogP contribution is 2.30. The van der Waals surface area contributed by atoms with Gasteiger partial charge in [-0.1, -0.05) is 24.3 Å². The summed E-state index contributed by atoms with van der Waals surface area (Å²) in [4.78, 5) is 16.4. The van der Waals surface area contributed by atoms with Gasteiger partial charge in [0, 0.05) is 5.56 Å². The molecular weight excluding hydrogens is 280 g/mol. The zero-order chi connectivity index (χ0) is 15.1. The number of methoxy groups -OCH3 is 1. The Kier molecular flexibility index (Phi) is 2.69. The molecule has 2 aromatic carbocycles. The predicted molar refractivity (Wildman–Crippen MR) is 83.1 cm³/mol. The maximum Gasteiger partial charge on any atom is 0.281 e. The van der Waals surface area contributed by atoms with Crippen LogP contribution in [0.1, 0.15) is 0 Å². The van der Waals surface area contributed by atoms with E-state index in [1.165, 1.54) is 0 Å². The number of nitrogens with one attached hydrogen (secondary N) is 1. The van der Waals surface area contributed by atoms with E-state index in [0.29, 0.717) is 22.5 Å². The lowest BCUT2D eigenvalue weighted by Crippen LogP contribution is -2.10. The molecule has 1 N–H and O–H groups in total. The van der Waals surface area contributed by atoms with Crippen LogP contribution in [0, 0.1) is 0 Å². The Balaban J connectivity index is 2.11. The molecule has 0 aliphatic rings. The highest BCUT2D eigenvalue weighted by Gasteiger charge is 2.16. The smallest absolute Gasteiger partial charge is 0.281 e. The van der Waals surface area contributed by atoms with Gasteiger partial charge in [-0.05, 0) is 24.3 Å². The highest BCUT2D eigenvalue weighted by atomic mass is 16.5. The monoisotopic (exact) mass is 292 g/mol.